The number of aliphatic imine (C=N–C) groups is 1. The van der Waals surface area contributed by atoms with Gasteiger partial charge in [0.15, 0.2) is 11.7 Å². The summed E-state index contributed by atoms with van der Waals surface area (Å²) in [6, 6.07) is 13.9. The van der Waals surface area contributed by atoms with Crippen LogP contribution in [0.25, 0.3) is 0 Å². The third kappa shape index (κ3) is 5.00. The van der Waals surface area contributed by atoms with E-state index in [4.69, 9.17) is 10.2 Å². The van der Waals surface area contributed by atoms with Crippen molar-refractivity contribution in [3.8, 4) is 0 Å². The number of primary amides is 1. The summed E-state index contributed by atoms with van der Waals surface area (Å²) in [6.07, 6.45) is 1.11. The largest absolute Gasteiger partial charge is 0.454 e. The van der Waals surface area contributed by atoms with Gasteiger partial charge in [0.25, 0.3) is 5.91 Å². The lowest BCUT2D eigenvalue weighted by Crippen LogP contribution is -2.40. The summed E-state index contributed by atoms with van der Waals surface area (Å²) in [5.74, 6) is 1.63. The second kappa shape index (κ2) is 9.61. The van der Waals surface area contributed by atoms with Gasteiger partial charge in [0.1, 0.15) is 12.3 Å². The lowest BCUT2D eigenvalue weighted by molar-refractivity contribution is 0.0972. The summed E-state index contributed by atoms with van der Waals surface area (Å²) in [5, 5.41) is 3.34. The van der Waals surface area contributed by atoms with Crippen molar-refractivity contribution in [1.29, 1.82) is 0 Å². The second-order valence-corrected chi connectivity index (χ2v) is 6.14. The van der Waals surface area contributed by atoms with E-state index in [9.17, 15) is 4.79 Å². The Labute approximate surface area is 170 Å². The van der Waals surface area contributed by atoms with Crippen molar-refractivity contribution in [2.45, 2.75) is 25.8 Å². The molecule has 0 aliphatic carbocycles. The fraction of sp³-hybridized carbons (Fsp3) is 0.368. The topological polar surface area (TPSA) is 83.9 Å². The summed E-state index contributed by atoms with van der Waals surface area (Å²) in [6.45, 7) is 5.15. The standard InChI is InChI=1S/C19H24N4O2.HI/c1-2-21-19(22-12-16-8-9-17(25-16)18(20)24)23-11-10-15(13-23)14-6-4-3-5-7-14;/h3-9,15H,2,10-13H2,1H3,(H2,20,24)(H,21,22);1H. The zero-order valence-electron chi connectivity index (χ0n) is 14.9. The number of nitrogens with one attached hydrogen (secondary N) is 1. The first-order valence-corrected chi connectivity index (χ1v) is 8.64. The zero-order chi connectivity index (χ0) is 17.6. The van der Waals surface area contributed by atoms with Crippen molar-refractivity contribution in [2.24, 2.45) is 10.7 Å². The molecule has 1 aromatic heterocycles. The number of likely N-dealkylation sites (tertiary alicyclic amines) is 1. The molecule has 7 heteroatoms. The molecule has 26 heavy (non-hydrogen) atoms. The Kier molecular flexibility index (Phi) is 7.50. The minimum absolute atomic E-state index is 0. The summed E-state index contributed by atoms with van der Waals surface area (Å²) in [5.41, 5.74) is 6.58. The van der Waals surface area contributed by atoms with Crippen molar-refractivity contribution < 1.29 is 9.21 Å². The Morgan fingerprint density at radius 2 is 2.08 bits per heavy atom. The number of halogens is 1. The first-order valence-electron chi connectivity index (χ1n) is 8.64. The van der Waals surface area contributed by atoms with E-state index in [2.05, 4.69) is 46.4 Å². The highest BCUT2D eigenvalue weighted by Crippen LogP contribution is 2.27. The third-order valence-corrected chi connectivity index (χ3v) is 4.38. The van der Waals surface area contributed by atoms with Gasteiger partial charge < -0.3 is 20.4 Å². The number of amides is 1. The normalized spacial score (nSPS) is 17.0. The molecular weight excluding hydrogens is 443 g/mol. The van der Waals surface area contributed by atoms with Crippen LogP contribution in [0.2, 0.25) is 0 Å². The van der Waals surface area contributed by atoms with Gasteiger partial charge in [-0.25, -0.2) is 4.99 Å². The van der Waals surface area contributed by atoms with E-state index in [1.165, 1.54) is 5.56 Å². The average Bonchev–Trinajstić information content (AvgIpc) is 3.29. The van der Waals surface area contributed by atoms with Crippen LogP contribution < -0.4 is 11.1 Å². The summed E-state index contributed by atoms with van der Waals surface area (Å²) in [7, 11) is 0. The quantitative estimate of drug-likeness (QED) is 0.402. The highest BCUT2D eigenvalue weighted by atomic mass is 127. The van der Waals surface area contributed by atoms with Gasteiger partial charge in [-0.3, -0.25) is 4.79 Å². The smallest absolute Gasteiger partial charge is 0.284 e. The number of nitrogens with two attached hydrogens (primary N) is 1. The van der Waals surface area contributed by atoms with Crippen LogP contribution in [0.15, 0.2) is 51.9 Å². The van der Waals surface area contributed by atoms with Crippen molar-refractivity contribution in [3.63, 3.8) is 0 Å². The molecule has 2 heterocycles. The Morgan fingerprint density at radius 3 is 2.73 bits per heavy atom. The summed E-state index contributed by atoms with van der Waals surface area (Å²) in [4.78, 5) is 18.0. The molecule has 1 aliphatic rings. The van der Waals surface area contributed by atoms with E-state index in [1.54, 1.807) is 12.1 Å². The highest BCUT2D eigenvalue weighted by Gasteiger charge is 2.25. The van der Waals surface area contributed by atoms with E-state index in [0.717, 1.165) is 32.0 Å². The molecule has 3 rings (SSSR count). The number of nitrogens with zero attached hydrogens (tertiary/aromatic N) is 2. The summed E-state index contributed by atoms with van der Waals surface area (Å²) >= 11 is 0. The van der Waals surface area contributed by atoms with Crippen LogP contribution in [-0.2, 0) is 6.54 Å². The first kappa shape index (κ1) is 20.3. The van der Waals surface area contributed by atoms with Crippen LogP contribution in [0.1, 0.15) is 41.1 Å². The molecule has 0 radical (unpaired) electrons. The maximum Gasteiger partial charge on any atom is 0.284 e. The Bertz CT molecular complexity index is 745. The zero-order valence-corrected chi connectivity index (χ0v) is 17.2. The van der Waals surface area contributed by atoms with Gasteiger partial charge >= 0.3 is 0 Å². The van der Waals surface area contributed by atoms with Crippen molar-refractivity contribution in [3.05, 3.63) is 59.5 Å². The molecule has 1 saturated heterocycles. The predicted molar refractivity (Wildman–Crippen MR) is 113 cm³/mol. The minimum Gasteiger partial charge on any atom is -0.454 e. The number of benzene rings is 1. The Hall–Kier alpha value is -2.03. The van der Waals surface area contributed by atoms with E-state index < -0.39 is 5.91 Å². The van der Waals surface area contributed by atoms with Crippen LogP contribution in [0, 0.1) is 0 Å². The van der Waals surface area contributed by atoms with Gasteiger partial charge in [-0.2, -0.15) is 0 Å². The fourth-order valence-electron chi connectivity index (χ4n) is 3.12. The fourth-order valence-corrected chi connectivity index (χ4v) is 3.12. The van der Waals surface area contributed by atoms with E-state index in [1.807, 2.05) is 6.07 Å². The van der Waals surface area contributed by atoms with Crippen molar-refractivity contribution >= 4 is 35.8 Å². The van der Waals surface area contributed by atoms with Crippen LogP contribution in [0.4, 0.5) is 0 Å². The van der Waals surface area contributed by atoms with Gasteiger partial charge in [0, 0.05) is 25.6 Å². The molecule has 2 aromatic rings. The van der Waals surface area contributed by atoms with E-state index in [-0.39, 0.29) is 29.7 Å². The van der Waals surface area contributed by atoms with E-state index >= 15 is 0 Å². The lowest BCUT2D eigenvalue weighted by atomic mass is 9.99. The number of hydrogen-bond donors (Lipinski definition) is 2. The maximum absolute atomic E-state index is 11.1. The van der Waals surface area contributed by atoms with Gasteiger partial charge in [0.05, 0.1) is 0 Å². The molecular formula is C19H25IN4O2. The third-order valence-electron chi connectivity index (χ3n) is 4.38. The molecule has 0 bridgehead atoms. The monoisotopic (exact) mass is 468 g/mol. The molecule has 1 amide bonds. The molecule has 1 atom stereocenters. The Morgan fingerprint density at radius 1 is 1.31 bits per heavy atom. The minimum atomic E-state index is -0.563. The maximum atomic E-state index is 11.1. The van der Waals surface area contributed by atoms with Crippen LogP contribution >= 0.6 is 24.0 Å². The molecule has 1 fully saturated rings. The van der Waals surface area contributed by atoms with Crippen LogP contribution in [0.3, 0.4) is 0 Å². The van der Waals surface area contributed by atoms with Crippen molar-refractivity contribution in [1.82, 2.24) is 10.2 Å². The molecule has 1 unspecified atom stereocenters. The number of guanidine groups is 1. The molecule has 0 spiro atoms. The van der Waals surface area contributed by atoms with E-state index in [0.29, 0.717) is 18.2 Å². The highest BCUT2D eigenvalue weighted by molar-refractivity contribution is 14.0. The van der Waals surface area contributed by atoms with Gasteiger partial charge in [-0.05, 0) is 31.0 Å². The van der Waals surface area contributed by atoms with Crippen LogP contribution in [-0.4, -0.2) is 36.4 Å². The molecule has 0 saturated carbocycles. The average molecular weight is 468 g/mol. The summed E-state index contributed by atoms with van der Waals surface area (Å²) < 4.78 is 5.40. The second-order valence-electron chi connectivity index (χ2n) is 6.14. The molecule has 6 nitrogen and oxygen atoms in total. The SMILES string of the molecule is CCNC(=NCc1ccc(C(N)=O)o1)N1CCC(c2ccccc2)C1.I. The number of carbonyl (C=O) groups excluding carboxylic acids is 1. The number of furan rings is 1. The lowest BCUT2D eigenvalue weighted by Gasteiger charge is -2.21. The molecule has 1 aromatic carbocycles. The van der Waals surface area contributed by atoms with Crippen molar-refractivity contribution in [2.75, 3.05) is 19.6 Å². The number of rotatable bonds is 5. The van der Waals surface area contributed by atoms with Gasteiger partial charge in [-0.1, -0.05) is 30.3 Å². The number of hydrogen-bond acceptors (Lipinski definition) is 3. The predicted octanol–water partition coefficient (Wildman–Crippen LogP) is 2.95. The first-order chi connectivity index (χ1) is 12.2. The molecule has 140 valence electrons. The van der Waals surface area contributed by atoms with Gasteiger partial charge in [-0.15, -0.1) is 24.0 Å². The van der Waals surface area contributed by atoms with Gasteiger partial charge in [0.2, 0.25) is 0 Å². The van der Waals surface area contributed by atoms with Crippen LogP contribution in [0.5, 0.6) is 0 Å². The molecule has 3 N–H and O–H groups in total. The number of carbonyl (C=O) groups is 1. The molecule has 1 aliphatic heterocycles. The Balaban J connectivity index is 0.00000243.